The Balaban J connectivity index is 1.72. The average Bonchev–Trinajstić information content (AvgIpc) is 2.83. The van der Waals surface area contributed by atoms with Gasteiger partial charge in [-0.15, -0.1) is 0 Å². The van der Waals surface area contributed by atoms with Crippen LogP contribution in [0.5, 0.6) is 0 Å². The quantitative estimate of drug-likeness (QED) is 0.849. The van der Waals surface area contributed by atoms with Crippen LogP contribution in [0.2, 0.25) is 0 Å². The van der Waals surface area contributed by atoms with E-state index in [4.69, 9.17) is 10.5 Å². The molecule has 0 spiro atoms. The fourth-order valence-electron chi connectivity index (χ4n) is 2.26. The van der Waals surface area contributed by atoms with Gasteiger partial charge < -0.3 is 10.5 Å². The predicted molar refractivity (Wildman–Crippen MR) is 68.9 cm³/mol. The molecule has 17 heavy (non-hydrogen) atoms. The van der Waals surface area contributed by atoms with E-state index in [9.17, 15) is 0 Å². The number of pyridine rings is 1. The molecule has 0 aromatic carbocycles. The first-order valence-electron chi connectivity index (χ1n) is 6.53. The number of aromatic nitrogens is 1. The average molecular weight is 234 g/mol. The minimum atomic E-state index is 0.203. The van der Waals surface area contributed by atoms with Gasteiger partial charge in [-0.05, 0) is 44.2 Å². The Labute approximate surface area is 103 Å². The van der Waals surface area contributed by atoms with Crippen LogP contribution in [0.4, 0.5) is 0 Å². The minimum absolute atomic E-state index is 0.203. The molecule has 1 fully saturated rings. The molecule has 3 heteroatoms. The highest BCUT2D eigenvalue weighted by atomic mass is 16.5. The maximum absolute atomic E-state index is 6.13. The van der Waals surface area contributed by atoms with Crippen molar-refractivity contribution in [1.82, 2.24) is 4.98 Å². The standard InChI is InChI=1S/C14H22N2O/c1-11-4-6-13(16-10-11)9-12(15)5-7-14-3-2-8-17-14/h4,6,10,12,14H,2-3,5,7-9,15H2,1H3. The summed E-state index contributed by atoms with van der Waals surface area (Å²) < 4.78 is 5.60. The van der Waals surface area contributed by atoms with Crippen molar-refractivity contribution >= 4 is 0 Å². The van der Waals surface area contributed by atoms with E-state index in [-0.39, 0.29) is 6.04 Å². The second-order valence-electron chi connectivity index (χ2n) is 5.00. The van der Waals surface area contributed by atoms with Crippen molar-refractivity contribution in [3.8, 4) is 0 Å². The van der Waals surface area contributed by atoms with Crippen molar-refractivity contribution in [3.05, 3.63) is 29.6 Å². The lowest BCUT2D eigenvalue weighted by molar-refractivity contribution is 0.101. The monoisotopic (exact) mass is 234 g/mol. The largest absolute Gasteiger partial charge is 0.378 e. The van der Waals surface area contributed by atoms with Crippen LogP contribution < -0.4 is 5.73 Å². The molecule has 0 bridgehead atoms. The van der Waals surface area contributed by atoms with Gasteiger partial charge in [-0.25, -0.2) is 0 Å². The Morgan fingerprint density at radius 1 is 1.53 bits per heavy atom. The summed E-state index contributed by atoms with van der Waals surface area (Å²) in [7, 11) is 0. The van der Waals surface area contributed by atoms with Gasteiger partial charge in [-0.1, -0.05) is 6.07 Å². The van der Waals surface area contributed by atoms with Gasteiger partial charge in [0.15, 0.2) is 0 Å². The van der Waals surface area contributed by atoms with Gasteiger partial charge in [-0.2, -0.15) is 0 Å². The molecule has 2 N–H and O–H groups in total. The van der Waals surface area contributed by atoms with E-state index in [1.54, 1.807) is 0 Å². The summed E-state index contributed by atoms with van der Waals surface area (Å²) in [5.41, 5.74) is 8.42. The number of aryl methyl sites for hydroxylation is 1. The summed E-state index contributed by atoms with van der Waals surface area (Å²) in [5, 5.41) is 0. The molecule has 0 amide bonds. The van der Waals surface area contributed by atoms with E-state index < -0.39 is 0 Å². The summed E-state index contributed by atoms with van der Waals surface area (Å²) >= 11 is 0. The van der Waals surface area contributed by atoms with E-state index in [0.29, 0.717) is 6.10 Å². The number of rotatable bonds is 5. The maximum Gasteiger partial charge on any atom is 0.0576 e. The Bertz CT molecular complexity index is 331. The summed E-state index contributed by atoms with van der Waals surface area (Å²) in [6.07, 6.45) is 7.75. The zero-order chi connectivity index (χ0) is 12.1. The SMILES string of the molecule is Cc1ccc(CC(N)CCC2CCCO2)nc1. The molecule has 1 aliphatic heterocycles. The summed E-state index contributed by atoms with van der Waals surface area (Å²) in [6, 6.07) is 4.37. The van der Waals surface area contributed by atoms with Crippen LogP contribution >= 0.6 is 0 Å². The second kappa shape index (κ2) is 6.12. The Hall–Kier alpha value is -0.930. The van der Waals surface area contributed by atoms with E-state index in [0.717, 1.165) is 31.6 Å². The summed E-state index contributed by atoms with van der Waals surface area (Å²) in [4.78, 5) is 4.39. The van der Waals surface area contributed by atoms with Crippen molar-refractivity contribution in [2.45, 2.75) is 51.2 Å². The van der Waals surface area contributed by atoms with Crippen LogP contribution in [0.25, 0.3) is 0 Å². The fourth-order valence-corrected chi connectivity index (χ4v) is 2.26. The van der Waals surface area contributed by atoms with Crippen molar-refractivity contribution in [2.24, 2.45) is 5.73 Å². The van der Waals surface area contributed by atoms with Crippen molar-refractivity contribution in [3.63, 3.8) is 0 Å². The van der Waals surface area contributed by atoms with Crippen LogP contribution in [0.1, 0.15) is 36.9 Å². The van der Waals surface area contributed by atoms with E-state index in [1.165, 1.54) is 18.4 Å². The van der Waals surface area contributed by atoms with E-state index >= 15 is 0 Å². The lowest BCUT2D eigenvalue weighted by Gasteiger charge is -2.14. The molecule has 0 radical (unpaired) electrons. The number of hydrogen-bond acceptors (Lipinski definition) is 3. The summed E-state index contributed by atoms with van der Waals surface area (Å²) in [5.74, 6) is 0. The molecule has 2 heterocycles. The third kappa shape index (κ3) is 4.10. The van der Waals surface area contributed by atoms with E-state index in [2.05, 4.69) is 17.1 Å². The van der Waals surface area contributed by atoms with Crippen molar-refractivity contribution in [1.29, 1.82) is 0 Å². The predicted octanol–water partition coefficient (Wildman–Crippen LogP) is 2.22. The first kappa shape index (κ1) is 12.5. The highest BCUT2D eigenvalue weighted by Crippen LogP contribution is 2.18. The number of ether oxygens (including phenoxy) is 1. The van der Waals surface area contributed by atoms with Gasteiger partial charge in [-0.3, -0.25) is 4.98 Å². The number of nitrogens with zero attached hydrogens (tertiary/aromatic N) is 1. The molecule has 2 rings (SSSR count). The zero-order valence-electron chi connectivity index (χ0n) is 10.6. The maximum atomic E-state index is 6.13. The van der Waals surface area contributed by atoms with E-state index in [1.807, 2.05) is 13.1 Å². The van der Waals surface area contributed by atoms with Crippen LogP contribution in [-0.2, 0) is 11.2 Å². The highest BCUT2D eigenvalue weighted by Gasteiger charge is 2.16. The Morgan fingerprint density at radius 3 is 3.06 bits per heavy atom. The third-order valence-corrected chi connectivity index (χ3v) is 3.33. The van der Waals surface area contributed by atoms with Crippen LogP contribution in [0.15, 0.2) is 18.3 Å². The van der Waals surface area contributed by atoms with Crippen molar-refractivity contribution < 1.29 is 4.74 Å². The molecule has 1 saturated heterocycles. The third-order valence-electron chi connectivity index (χ3n) is 3.33. The molecular formula is C14H22N2O. The van der Waals surface area contributed by atoms with Gasteiger partial charge in [0.25, 0.3) is 0 Å². The van der Waals surface area contributed by atoms with Crippen molar-refractivity contribution in [2.75, 3.05) is 6.61 Å². The lowest BCUT2D eigenvalue weighted by Crippen LogP contribution is -2.25. The molecule has 94 valence electrons. The number of nitrogens with two attached hydrogens (primary N) is 1. The Morgan fingerprint density at radius 2 is 2.41 bits per heavy atom. The zero-order valence-corrected chi connectivity index (χ0v) is 10.6. The topological polar surface area (TPSA) is 48.1 Å². The highest BCUT2D eigenvalue weighted by molar-refractivity contribution is 5.12. The Kier molecular flexibility index (Phi) is 4.51. The molecule has 0 aliphatic carbocycles. The molecule has 0 saturated carbocycles. The second-order valence-corrected chi connectivity index (χ2v) is 5.00. The normalized spacial score (nSPS) is 21.6. The molecule has 1 aromatic heterocycles. The molecule has 2 atom stereocenters. The molecular weight excluding hydrogens is 212 g/mol. The van der Waals surface area contributed by atoms with Crippen LogP contribution in [0.3, 0.4) is 0 Å². The molecule has 1 aliphatic rings. The van der Waals surface area contributed by atoms with Gasteiger partial charge in [0.2, 0.25) is 0 Å². The van der Waals surface area contributed by atoms with Gasteiger partial charge >= 0.3 is 0 Å². The lowest BCUT2D eigenvalue weighted by atomic mass is 10.0. The molecule has 2 unspecified atom stereocenters. The minimum Gasteiger partial charge on any atom is -0.378 e. The van der Waals surface area contributed by atoms with Crippen LogP contribution in [0, 0.1) is 6.92 Å². The smallest absolute Gasteiger partial charge is 0.0576 e. The molecule has 1 aromatic rings. The first-order valence-corrected chi connectivity index (χ1v) is 6.53. The van der Waals surface area contributed by atoms with Gasteiger partial charge in [0.1, 0.15) is 0 Å². The van der Waals surface area contributed by atoms with Gasteiger partial charge in [0, 0.05) is 31.0 Å². The number of hydrogen-bond donors (Lipinski definition) is 1. The molecule has 3 nitrogen and oxygen atoms in total. The first-order chi connectivity index (χ1) is 8.24. The fraction of sp³-hybridized carbons (Fsp3) is 0.643. The van der Waals surface area contributed by atoms with Crippen LogP contribution in [-0.4, -0.2) is 23.7 Å². The summed E-state index contributed by atoms with van der Waals surface area (Å²) in [6.45, 7) is 2.98. The van der Waals surface area contributed by atoms with Gasteiger partial charge in [0.05, 0.1) is 6.10 Å².